The Bertz CT molecular complexity index is 414. The summed E-state index contributed by atoms with van der Waals surface area (Å²) in [4.78, 5) is 12.5. The molecule has 0 aliphatic heterocycles. The van der Waals surface area contributed by atoms with Gasteiger partial charge < -0.3 is 0 Å². The summed E-state index contributed by atoms with van der Waals surface area (Å²) in [6.07, 6.45) is 0. The summed E-state index contributed by atoms with van der Waals surface area (Å²) in [6.45, 7) is -0.0516. The molecule has 6 nitrogen and oxygen atoms in total. The fourth-order valence-corrected chi connectivity index (χ4v) is 1.11. The van der Waals surface area contributed by atoms with Gasteiger partial charge in [0.2, 0.25) is 0 Å². The van der Waals surface area contributed by atoms with Gasteiger partial charge in [0.05, 0.1) is 11.5 Å². The Hall–Kier alpha value is -1.78. The van der Waals surface area contributed by atoms with Crippen LogP contribution in [-0.4, -0.2) is 4.92 Å². The zero-order chi connectivity index (χ0) is 10.6. The molecule has 0 unspecified atom stereocenters. The maximum absolute atomic E-state index is 10.5. The first-order chi connectivity index (χ1) is 6.65. The Kier molecular flexibility index (Phi) is 3.28. The van der Waals surface area contributed by atoms with E-state index < -0.39 is 4.92 Å². The maximum Gasteiger partial charge on any atom is 0.274 e. The monoisotopic (exact) mass is 212 g/mol. The number of nitro benzene ring substituents is 1. The maximum atomic E-state index is 10.5. The van der Waals surface area contributed by atoms with Gasteiger partial charge in [0.1, 0.15) is 0 Å². The van der Waals surface area contributed by atoms with Crippen molar-refractivity contribution in [2.24, 2.45) is 5.11 Å². The van der Waals surface area contributed by atoms with Crippen molar-refractivity contribution < 1.29 is 4.92 Å². The molecule has 0 radical (unpaired) electrons. The molecule has 1 aromatic rings. The van der Waals surface area contributed by atoms with Crippen molar-refractivity contribution in [1.82, 2.24) is 0 Å². The number of hydrogen-bond acceptors (Lipinski definition) is 3. The van der Waals surface area contributed by atoms with Crippen molar-refractivity contribution in [1.29, 1.82) is 0 Å². The number of rotatable bonds is 3. The summed E-state index contributed by atoms with van der Waals surface area (Å²) in [5.74, 6) is 0. The van der Waals surface area contributed by atoms with Gasteiger partial charge in [-0.15, -0.1) is 0 Å². The predicted molar refractivity (Wildman–Crippen MR) is 51.0 cm³/mol. The first-order valence-corrected chi connectivity index (χ1v) is 3.96. The molecule has 0 aliphatic rings. The van der Waals surface area contributed by atoms with E-state index in [1.807, 2.05) is 0 Å². The largest absolute Gasteiger partial charge is 0.274 e. The predicted octanol–water partition coefficient (Wildman–Crippen LogP) is 3.06. The number of benzene rings is 1. The van der Waals surface area contributed by atoms with Gasteiger partial charge in [0.15, 0.2) is 0 Å². The number of nitro groups is 1. The van der Waals surface area contributed by atoms with Crippen LogP contribution >= 0.6 is 11.6 Å². The molecular formula is C7H5ClN4O2. The van der Waals surface area contributed by atoms with Crippen LogP contribution in [-0.2, 0) is 6.54 Å². The second-order valence-electron chi connectivity index (χ2n) is 2.42. The summed E-state index contributed by atoms with van der Waals surface area (Å²) in [6, 6.07) is 4.20. The number of halogens is 1. The molecule has 0 N–H and O–H groups in total. The third-order valence-electron chi connectivity index (χ3n) is 1.55. The molecule has 0 heterocycles. The summed E-state index contributed by atoms with van der Waals surface area (Å²) in [7, 11) is 0. The molecule has 7 heteroatoms. The van der Waals surface area contributed by atoms with Crippen molar-refractivity contribution in [2.45, 2.75) is 6.54 Å². The summed E-state index contributed by atoms with van der Waals surface area (Å²) in [5.41, 5.74) is 8.28. The summed E-state index contributed by atoms with van der Waals surface area (Å²) >= 11 is 5.59. The zero-order valence-corrected chi connectivity index (χ0v) is 7.68. The Morgan fingerprint density at radius 2 is 2.36 bits per heavy atom. The van der Waals surface area contributed by atoms with Crippen molar-refractivity contribution in [2.75, 3.05) is 0 Å². The minimum Gasteiger partial charge on any atom is -0.258 e. The summed E-state index contributed by atoms with van der Waals surface area (Å²) < 4.78 is 0. The Morgan fingerprint density at radius 1 is 1.64 bits per heavy atom. The van der Waals surface area contributed by atoms with Crippen molar-refractivity contribution in [3.8, 4) is 0 Å². The van der Waals surface area contributed by atoms with Gasteiger partial charge in [0.25, 0.3) is 5.69 Å². The molecule has 0 spiro atoms. The lowest BCUT2D eigenvalue weighted by Crippen LogP contribution is -1.93. The minimum absolute atomic E-state index is 0.0516. The van der Waals surface area contributed by atoms with E-state index in [1.54, 1.807) is 0 Å². The lowest BCUT2D eigenvalue weighted by Gasteiger charge is -1.98. The first-order valence-electron chi connectivity index (χ1n) is 3.59. The van der Waals surface area contributed by atoms with Gasteiger partial charge in [-0.1, -0.05) is 22.8 Å². The van der Waals surface area contributed by atoms with E-state index in [1.165, 1.54) is 18.2 Å². The van der Waals surface area contributed by atoms with Crippen LogP contribution in [0.5, 0.6) is 0 Å². The third kappa shape index (κ3) is 2.35. The van der Waals surface area contributed by atoms with Gasteiger partial charge >= 0.3 is 0 Å². The highest BCUT2D eigenvalue weighted by Gasteiger charge is 2.12. The highest BCUT2D eigenvalue weighted by molar-refractivity contribution is 6.30. The van der Waals surface area contributed by atoms with Gasteiger partial charge in [0, 0.05) is 21.6 Å². The van der Waals surface area contributed by atoms with E-state index in [0.717, 1.165) is 0 Å². The Morgan fingerprint density at radius 3 is 2.93 bits per heavy atom. The van der Waals surface area contributed by atoms with Crippen LogP contribution in [0.15, 0.2) is 23.3 Å². The normalized spacial score (nSPS) is 9.21. The van der Waals surface area contributed by atoms with Gasteiger partial charge in [-0.2, -0.15) is 0 Å². The molecule has 0 aliphatic carbocycles. The molecule has 1 aromatic carbocycles. The molecular weight excluding hydrogens is 208 g/mol. The third-order valence-corrected chi connectivity index (χ3v) is 1.78. The Balaban J connectivity index is 3.14. The molecule has 14 heavy (non-hydrogen) atoms. The SMILES string of the molecule is [N-]=[N+]=NCc1ccc(Cl)cc1[N+](=O)[O-]. The van der Waals surface area contributed by atoms with Crippen LogP contribution in [0, 0.1) is 10.1 Å². The molecule has 0 amide bonds. The van der Waals surface area contributed by atoms with Crippen LogP contribution in [0.2, 0.25) is 5.02 Å². The van der Waals surface area contributed by atoms with E-state index in [9.17, 15) is 10.1 Å². The lowest BCUT2D eigenvalue weighted by molar-refractivity contribution is -0.385. The van der Waals surface area contributed by atoms with Crippen LogP contribution in [0.25, 0.3) is 10.4 Å². The molecule has 0 saturated heterocycles. The molecule has 0 bridgehead atoms. The number of hydrogen-bond donors (Lipinski definition) is 0. The average Bonchev–Trinajstić information content (AvgIpc) is 2.15. The summed E-state index contributed by atoms with van der Waals surface area (Å²) in [5, 5.41) is 14.1. The zero-order valence-electron chi connectivity index (χ0n) is 6.92. The van der Waals surface area contributed by atoms with Gasteiger partial charge in [-0.3, -0.25) is 10.1 Å². The second-order valence-corrected chi connectivity index (χ2v) is 2.86. The topological polar surface area (TPSA) is 91.9 Å². The minimum atomic E-state index is -0.561. The van der Waals surface area contributed by atoms with Crippen molar-refractivity contribution in [3.63, 3.8) is 0 Å². The highest BCUT2D eigenvalue weighted by Crippen LogP contribution is 2.23. The molecule has 0 atom stereocenters. The smallest absolute Gasteiger partial charge is 0.258 e. The molecule has 0 saturated carbocycles. The van der Waals surface area contributed by atoms with Crippen LogP contribution < -0.4 is 0 Å². The van der Waals surface area contributed by atoms with Gasteiger partial charge in [-0.05, 0) is 11.6 Å². The van der Waals surface area contributed by atoms with Crippen molar-refractivity contribution >= 4 is 17.3 Å². The highest BCUT2D eigenvalue weighted by atomic mass is 35.5. The number of azide groups is 1. The van der Waals surface area contributed by atoms with E-state index >= 15 is 0 Å². The second kappa shape index (κ2) is 4.45. The fourth-order valence-electron chi connectivity index (χ4n) is 0.948. The lowest BCUT2D eigenvalue weighted by atomic mass is 10.2. The molecule has 0 aromatic heterocycles. The first kappa shape index (κ1) is 10.3. The molecule has 72 valence electrons. The molecule has 0 fully saturated rings. The van der Waals surface area contributed by atoms with Crippen LogP contribution in [0.1, 0.15) is 5.56 Å². The number of nitrogens with zero attached hydrogens (tertiary/aromatic N) is 4. The molecule has 1 rings (SSSR count). The van der Waals surface area contributed by atoms with E-state index in [-0.39, 0.29) is 17.3 Å². The van der Waals surface area contributed by atoms with Gasteiger partial charge in [-0.25, -0.2) is 0 Å². The van der Waals surface area contributed by atoms with Crippen LogP contribution in [0.3, 0.4) is 0 Å². The van der Waals surface area contributed by atoms with E-state index in [2.05, 4.69) is 10.0 Å². The quantitative estimate of drug-likeness (QED) is 0.253. The van der Waals surface area contributed by atoms with E-state index in [0.29, 0.717) is 5.56 Å². The standard InChI is InChI=1S/C7H5ClN4O2/c8-6-2-1-5(4-10-11-9)7(3-6)12(13)14/h1-3H,4H2. The fraction of sp³-hybridized carbons (Fsp3) is 0.143. The average molecular weight is 213 g/mol. The Labute approximate surface area is 83.9 Å². The van der Waals surface area contributed by atoms with Crippen molar-refractivity contribution in [3.05, 3.63) is 49.3 Å². The van der Waals surface area contributed by atoms with E-state index in [4.69, 9.17) is 17.1 Å². The van der Waals surface area contributed by atoms with Crippen LogP contribution in [0.4, 0.5) is 5.69 Å².